The molecule has 144 valence electrons. The van der Waals surface area contributed by atoms with Crippen molar-refractivity contribution in [2.75, 3.05) is 32.8 Å². The number of carboxylic acids is 1. The van der Waals surface area contributed by atoms with E-state index in [-0.39, 0.29) is 6.61 Å². The molecule has 0 bridgehead atoms. The van der Waals surface area contributed by atoms with Crippen LogP contribution < -0.4 is 0 Å². The molecule has 5 heteroatoms. The highest BCUT2D eigenvalue weighted by Gasteiger charge is 2.29. The Hall–Kier alpha value is -1.43. The number of carbonyl (C=O) groups is 1. The lowest BCUT2D eigenvalue weighted by molar-refractivity contribution is -0.150. The molecule has 0 saturated carbocycles. The second-order valence-corrected chi connectivity index (χ2v) is 8.07. The van der Waals surface area contributed by atoms with Gasteiger partial charge in [0.05, 0.1) is 13.2 Å². The van der Waals surface area contributed by atoms with Crippen LogP contribution in [-0.2, 0) is 22.6 Å². The zero-order chi connectivity index (χ0) is 18.7. The first-order chi connectivity index (χ1) is 12.4. The summed E-state index contributed by atoms with van der Waals surface area (Å²) in [4.78, 5) is 16.1. The molecule has 0 aromatic heterocycles. The van der Waals surface area contributed by atoms with Crippen molar-refractivity contribution in [3.63, 3.8) is 0 Å². The van der Waals surface area contributed by atoms with Crippen LogP contribution in [0.3, 0.4) is 0 Å². The maximum absolute atomic E-state index is 11.5. The number of morpholine rings is 1. The molecule has 1 aromatic rings. The van der Waals surface area contributed by atoms with Crippen LogP contribution in [0, 0.1) is 19.8 Å². The van der Waals surface area contributed by atoms with E-state index >= 15 is 0 Å². The van der Waals surface area contributed by atoms with Crippen molar-refractivity contribution in [1.29, 1.82) is 0 Å². The van der Waals surface area contributed by atoms with Gasteiger partial charge in [0.15, 0.2) is 0 Å². The second kappa shape index (κ2) is 8.51. The fourth-order valence-corrected chi connectivity index (χ4v) is 4.08. The van der Waals surface area contributed by atoms with Gasteiger partial charge in [-0.25, -0.2) is 0 Å². The van der Waals surface area contributed by atoms with Gasteiger partial charge in [-0.1, -0.05) is 24.6 Å². The van der Waals surface area contributed by atoms with Crippen LogP contribution in [0.25, 0.3) is 0 Å². The molecule has 2 fully saturated rings. The molecule has 0 aliphatic carbocycles. The highest BCUT2D eigenvalue weighted by molar-refractivity contribution is 5.73. The normalized spacial score (nSPS) is 23.3. The van der Waals surface area contributed by atoms with Crippen LogP contribution in [0.5, 0.6) is 0 Å². The summed E-state index contributed by atoms with van der Waals surface area (Å²) < 4.78 is 5.37. The lowest BCUT2D eigenvalue weighted by Crippen LogP contribution is -2.49. The molecule has 2 aliphatic heterocycles. The summed E-state index contributed by atoms with van der Waals surface area (Å²) >= 11 is 0. The Morgan fingerprint density at radius 2 is 1.81 bits per heavy atom. The second-order valence-electron chi connectivity index (χ2n) is 8.07. The molecule has 3 rings (SSSR count). The van der Waals surface area contributed by atoms with Crippen molar-refractivity contribution in [1.82, 2.24) is 9.80 Å². The average molecular weight is 360 g/mol. The number of hydrogen-bond donors (Lipinski definition) is 1. The summed E-state index contributed by atoms with van der Waals surface area (Å²) in [6.45, 7) is 12.2. The molecular formula is C21H32N2O3. The predicted octanol–water partition coefficient (Wildman–Crippen LogP) is 2.82. The number of aryl methyl sites for hydroxylation is 1. The largest absolute Gasteiger partial charge is 0.480 e. The molecule has 0 unspecified atom stereocenters. The minimum atomic E-state index is -0.794. The zero-order valence-electron chi connectivity index (χ0n) is 16.3. The number of ether oxygens (including phenoxy) is 1. The van der Waals surface area contributed by atoms with Gasteiger partial charge in [-0.2, -0.15) is 0 Å². The molecule has 1 aromatic carbocycles. The maximum Gasteiger partial charge on any atom is 0.323 e. The lowest BCUT2D eigenvalue weighted by Gasteiger charge is -2.34. The Balaban J connectivity index is 1.75. The van der Waals surface area contributed by atoms with E-state index in [0.29, 0.717) is 19.7 Å². The van der Waals surface area contributed by atoms with Crippen molar-refractivity contribution in [3.8, 4) is 0 Å². The van der Waals surface area contributed by atoms with Crippen molar-refractivity contribution in [2.45, 2.75) is 52.7 Å². The lowest BCUT2D eigenvalue weighted by atomic mass is 9.95. The van der Waals surface area contributed by atoms with Crippen molar-refractivity contribution < 1.29 is 14.6 Å². The molecule has 26 heavy (non-hydrogen) atoms. The first-order valence-corrected chi connectivity index (χ1v) is 9.80. The number of benzene rings is 1. The topological polar surface area (TPSA) is 53.0 Å². The Kier molecular flexibility index (Phi) is 6.33. The zero-order valence-corrected chi connectivity index (χ0v) is 16.3. The molecule has 1 N–H and O–H groups in total. The number of aliphatic carboxylic acids is 1. The smallest absolute Gasteiger partial charge is 0.323 e. The Morgan fingerprint density at radius 1 is 1.15 bits per heavy atom. The van der Waals surface area contributed by atoms with Gasteiger partial charge in [0.2, 0.25) is 0 Å². The monoisotopic (exact) mass is 360 g/mol. The molecule has 2 saturated heterocycles. The van der Waals surface area contributed by atoms with Gasteiger partial charge in [-0.15, -0.1) is 0 Å². The summed E-state index contributed by atoms with van der Waals surface area (Å²) in [7, 11) is 0. The highest BCUT2D eigenvalue weighted by Crippen LogP contribution is 2.24. The summed E-state index contributed by atoms with van der Waals surface area (Å²) in [5.41, 5.74) is 5.20. The number of hydrogen-bond acceptors (Lipinski definition) is 4. The van der Waals surface area contributed by atoms with E-state index in [2.05, 4.69) is 37.8 Å². The standard InChI is InChI=1S/C21H32N2O3/c1-15-4-6-22(7-5-15)12-18-10-16(2)11-19(17(18)3)13-23-8-9-26-14-20(23)21(24)25/h10-11,15,20H,4-9,12-14H2,1-3H3,(H,24,25)/t20-/m1/s1. The van der Waals surface area contributed by atoms with Gasteiger partial charge in [0.1, 0.15) is 6.04 Å². The molecule has 2 aliphatic rings. The van der Waals surface area contributed by atoms with Crippen LogP contribution in [0.15, 0.2) is 12.1 Å². The maximum atomic E-state index is 11.5. The van der Waals surface area contributed by atoms with Crippen LogP contribution >= 0.6 is 0 Å². The van der Waals surface area contributed by atoms with Crippen molar-refractivity contribution in [2.24, 2.45) is 5.92 Å². The molecule has 0 spiro atoms. The van der Waals surface area contributed by atoms with Crippen molar-refractivity contribution >= 4 is 5.97 Å². The van der Waals surface area contributed by atoms with Gasteiger partial charge in [-0.3, -0.25) is 14.6 Å². The summed E-state index contributed by atoms with van der Waals surface area (Å²) in [5.74, 6) is 0.0485. The first kappa shape index (κ1) is 19.3. The van der Waals surface area contributed by atoms with Crippen molar-refractivity contribution in [3.05, 3.63) is 34.4 Å². The van der Waals surface area contributed by atoms with Gasteiger partial charge in [0, 0.05) is 19.6 Å². The average Bonchev–Trinajstić information content (AvgIpc) is 2.61. The van der Waals surface area contributed by atoms with E-state index in [1.54, 1.807) is 0 Å². The molecule has 1 atom stereocenters. The van der Waals surface area contributed by atoms with E-state index < -0.39 is 12.0 Å². The van der Waals surface area contributed by atoms with E-state index in [4.69, 9.17) is 4.74 Å². The third-order valence-electron chi connectivity index (χ3n) is 5.94. The third kappa shape index (κ3) is 4.64. The Labute approximate surface area is 156 Å². The minimum Gasteiger partial charge on any atom is -0.480 e. The van der Waals surface area contributed by atoms with Gasteiger partial charge < -0.3 is 9.84 Å². The fourth-order valence-electron chi connectivity index (χ4n) is 4.08. The van der Waals surface area contributed by atoms with Crippen LogP contribution in [0.4, 0.5) is 0 Å². The molecular weight excluding hydrogens is 328 g/mol. The van der Waals surface area contributed by atoms with Crippen LogP contribution in [0.2, 0.25) is 0 Å². The van der Waals surface area contributed by atoms with Gasteiger partial charge >= 0.3 is 5.97 Å². The van der Waals surface area contributed by atoms with Crippen LogP contribution in [-0.4, -0.2) is 59.8 Å². The van der Waals surface area contributed by atoms with E-state index in [0.717, 1.165) is 12.5 Å². The SMILES string of the molecule is Cc1cc(CN2CCC(C)CC2)c(C)c(CN2CCOC[C@@H]2C(=O)O)c1. The third-order valence-corrected chi connectivity index (χ3v) is 5.94. The minimum absolute atomic E-state index is 0.277. The number of likely N-dealkylation sites (tertiary alicyclic amines) is 1. The first-order valence-electron chi connectivity index (χ1n) is 9.80. The predicted molar refractivity (Wildman–Crippen MR) is 102 cm³/mol. The number of nitrogens with zero attached hydrogens (tertiary/aromatic N) is 2. The van der Waals surface area contributed by atoms with Gasteiger partial charge in [0.25, 0.3) is 0 Å². The number of piperidine rings is 1. The Bertz CT molecular complexity index is 638. The Morgan fingerprint density at radius 3 is 2.46 bits per heavy atom. The fraction of sp³-hybridized carbons (Fsp3) is 0.667. The molecule has 2 heterocycles. The molecule has 0 amide bonds. The van der Waals surface area contributed by atoms with E-state index in [1.165, 1.54) is 48.2 Å². The van der Waals surface area contributed by atoms with E-state index in [1.807, 2.05) is 4.90 Å². The summed E-state index contributed by atoms with van der Waals surface area (Å²) in [6, 6.07) is 3.96. The van der Waals surface area contributed by atoms with E-state index in [9.17, 15) is 9.90 Å². The highest BCUT2D eigenvalue weighted by atomic mass is 16.5. The van der Waals surface area contributed by atoms with Crippen LogP contribution in [0.1, 0.15) is 42.0 Å². The number of rotatable bonds is 5. The molecule has 0 radical (unpaired) electrons. The molecule has 5 nitrogen and oxygen atoms in total. The quantitative estimate of drug-likeness (QED) is 0.875. The number of carboxylic acid groups (broad SMARTS) is 1. The van der Waals surface area contributed by atoms with Gasteiger partial charge in [-0.05, 0) is 62.4 Å². The summed E-state index contributed by atoms with van der Waals surface area (Å²) in [5, 5.41) is 9.47. The summed E-state index contributed by atoms with van der Waals surface area (Å²) in [6.07, 6.45) is 2.57.